The molecule has 0 saturated carbocycles. The summed E-state index contributed by atoms with van der Waals surface area (Å²) in [5.74, 6) is 0.815. The molecule has 0 radical (unpaired) electrons. The van der Waals surface area contributed by atoms with E-state index in [9.17, 15) is 9.90 Å². The molecule has 1 aliphatic heterocycles. The van der Waals surface area contributed by atoms with Crippen LogP contribution in [0.15, 0.2) is 60.7 Å². The van der Waals surface area contributed by atoms with E-state index in [1.54, 1.807) is 0 Å². The lowest BCUT2D eigenvalue weighted by molar-refractivity contribution is -0.122. The minimum atomic E-state index is -0.731. The van der Waals surface area contributed by atoms with Crippen molar-refractivity contribution < 1.29 is 19.4 Å². The number of benzene rings is 2. The monoisotopic (exact) mass is 478 g/mol. The van der Waals surface area contributed by atoms with Crippen LogP contribution in [0.4, 0.5) is 0 Å². The van der Waals surface area contributed by atoms with E-state index in [4.69, 9.17) is 9.47 Å². The third-order valence-corrected chi connectivity index (χ3v) is 6.62. The van der Waals surface area contributed by atoms with Crippen molar-refractivity contribution in [3.63, 3.8) is 0 Å². The van der Waals surface area contributed by atoms with Gasteiger partial charge in [0.25, 0.3) is 0 Å². The Labute approximate surface area is 208 Å². The summed E-state index contributed by atoms with van der Waals surface area (Å²) >= 11 is 0. The first-order chi connectivity index (χ1) is 17.0. The van der Waals surface area contributed by atoms with Crippen molar-refractivity contribution in [3.8, 4) is 5.75 Å². The van der Waals surface area contributed by atoms with E-state index in [0.29, 0.717) is 26.0 Å². The molecular weight excluding hydrogens is 440 g/mol. The van der Waals surface area contributed by atoms with Gasteiger partial charge in [0.2, 0.25) is 5.91 Å². The van der Waals surface area contributed by atoms with Crippen LogP contribution in [0.2, 0.25) is 0 Å². The lowest BCUT2D eigenvalue weighted by Gasteiger charge is -2.26. The molecule has 0 spiro atoms. The number of hydrogen-bond donors (Lipinski definition) is 3. The number of hydrogen-bond acceptors (Lipinski definition) is 5. The molecule has 1 amide bonds. The molecule has 0 saturated heterocycles. The van der Waals surface area contributed by atoms with Gasteiger partial charge in [-0.3, -0.25) is 4.79 Å². The molecule has 0 unspecified atom stereocenters. The van der Waals surface area contributed by atoms with Crippen molar-refractivity contribution in [2.45, 2.75) is 76.3 Å². The van der Waals surface area contributed by atoms with Crippen LogP contribution in [0.5, 0.6) is 5.75 Å². The molecule has 188 valence electrons. The van der Waals surface area contributed by atoms with E-state index in [2.05, 4.69) is 28.8 Å². The van der Waals surface area contributed by atoms with E-state index < -0.39 is 6.10 Å². The maximum atomic E-state index is 12.6. The number of β-amino-alcohol motifs (C(OH)–C–C–N with tert-alkyl or cyclic N) is 1. The van der Waals surface area contributed by atoms with E-state index in [-0.39, 0.29) is 30.2 Å². The van der Waals surface area contributed by atoms with Gasteiger partial charge in [0, 0.05) is 19.0 Å². The minimum absolute atomic E-state index is 0.00915. The summed E-state index contributed by atoms with van der Waals surface area (Å²) < 4.78 is 12.2. The van der Waals surface area contributed by atoms with Gasteiger partial charge in [-0.15, -0.1) is 0 Å². The molecule has 35 heavy (non-hydrogen) atoms. The summed E-state index contributed by atoms with van der Waals surface area (Å²) in [6.45, 7) is 4.94. The van der Waals surface area contributed by atoms with Crippen LogP contribution >= 0.6 is 0 Å². The molecule has 3 N–H and O–H groups in total. The second kappa shape index (κ2) is 12.3. The van der Waals surface area contributed by atoms with Gasteiger partial charge >= 0.3 is 0 Å². The Balaban J connectivity index is 1.55. The molecule has 1 aliphatic carbocycles. The van der Waals surface area contributed by atoms with Gasteiger partial charge in [-0.25, -0.2) is 0 Å². The number of allylic oxidation sites excluding steroid dienone is 1. The van der Waals surface area contributed by atoms with Crippen LogP contribution < -0.4 is 15.4 Å². The number of aliphatic hydroxyl groups excluding tert-OH is 1. The standard InChI is InChI=1S/C29H38N2O4/c1-20(2)35-22-13-14-23-24(17-22)25-18-28(23)34-15-9-4-3-8-12-29(33)31-26(27(32)19-30-25)16-21-10-6-5-7-11-21/h4-7,9-11,13-14,17,20,25-28,30,32H,3,8,12,15-16,18-19H2,1-2H3,(H,31,33)/b9-4+/t25-,26-,27+,28+/m0/s1. The van der Waals surface area contributed by atoms with Crippen molar-refractivity contribution in [2.75, 3.05) is 13.2 Å². The van der Waals surface area contributed by atoms with Gasteiger partial charge < -0.3 is 25.2 Å². The summed E-state index contributed by atoms with van der Waals surface area (Å²) in [5, 5.41) is 17.8. The average molecular weight is 479 g/mol. The molecule has 0 fully saturated rings. The fourth-order valence-corrected chi connectivity index (χ4v) is 4.89. The van der Waals surface area contributed by atoms with Crippen LogP contribution in [0.1, 0.15) is 68.4 Å². The fourth-order valence-electron chi connectivity index (χ4n) is 4.89. The second-order valence-corrected chi connectivity index (χ2v) is 9.77. The van der Waals surface area contributed by atoms with Gasteiger partial charge in [0.1, 0.15) is 5.75 Å². The van der Waals surface area contributed by atoms with E-state index in [1.165, 1.54) is 5.56 Å². The molecule has 0 aromatic heterocycles. The minimum Gasteiger partial charge on any atom is -0.491 e. The summed E-state index contributed by atoms with van der Waals surface area (Å²) in [6, 6.07) is 15.9. The number of amides is 1. The molecule has 2 aromatic rings. The van der Waals surface area contributed by atoms with Crippen LogP contribution in [0.3, 0.4) is 0 Å². The highest BCUT2D eigenvalue weighted by molar-refractivity contribution is 5.76. The fraction of sp³-hybridized carbons (Fsp3) is 0.483. The number of fused-ring (bicyclic) bond motifs is 5. The normalized spacial score (nSPS) is 26.7. The van der Waals surface area contributed by atoms with E-state index >= 15 is 0 Å². The topological polar surface area (TPSA) is 79.8 Å². The van der Waals surface area contributed by atoms with Crippen molar-refractivity contribution in [3.05, 3.63) is 77.4 Å². The molecule has 2 aliphatic rings. The van der Waals surface area contributed by atoms with E-state index in [0.717, 1.165) is 36.1 Å². The van der Waals surface area contributed by atoms with E-state index in [1.807, 2.05) is 56.3 Å². The molecular formula is C29H38N2O4. The quantitative estimate of drug-likeness (QED) is 0.568. The van der Waals surface area contributed by atoms with Crippen LogP contribution in [-0.2, 0) is 16.0 Å². The third-order valence-electron chi connectivity index (χ3n) is 6.62. The smallest absolute Gasteiger partial charge is 0.220 e. The largest absolute Gasteiger partial charge is 0.491 e. The van der Waals surface area contributed by atoms with Crippen molar-refractivity contribution in [1.82, 2.24) is 10.6 Å². The first kappa shape index (κ1) is 25.4. The van der Waals surface area contributed by atoms with Crippen molar-refractivity contribution in [2.24, 2.45) is 0 Å². The Bertz CT molecular complexity index is 991. The number of carbonyl (C=O) groups is 1. The predicted octanol–water partition coefficient (Wildman–Crippen LogP) is 4.39. The first-order valence-electron chi connectivity index (χ1n) is 12.8. The second-order valence-electron chi connectivity index (χ2n) is 9.77. The molecule has 4 atom stereocenters. The third kappa shape index (κ3) is 7.17. The highest BCUT2D eigenvalue weighted by Gasteiger charge is 2.33. The number of rotatable bonds is 4. The average Bonchev–Trinajstić information content (AvgIpc) is 3.18. The highest BCUT2D eigenvalue weighted by Crippen LogP contribution is 2.42. The van der Waals surface area contributed by atoms with Crippen LogP contribution in [0.25, 0.3) is 0 Å². The Morgan fingerprint density at radius 2 is 1.94 bits per heavy atom. The molecule has 1 heterocycles. The van der Waals surface area contributed by atoms with Crippen molar-refractivity contribution in [1.29, 1.82) is 0 Å². The Morgan fingerprint density at radius 1 is 1.11 bits per heavy atom. The van der Waals surface area contributed by atoms with Gasteiger partial charge in [-0.1, -0.05) is 48.6 Å². The molecule has 4 rings (SSSR count). The number of ether oxygens (including phenoxy) is 2. The zero-order chi connectivity index (χ0) is 24.6. The summed E-state index contributed by atoms with van der Waals surface area (Å²) in [7, 11) is 0. The molecule has 2 aromatic carbocycles. The number of carbonyl (C=O) groups excluding carboxylic acids is 1. The Kier molecular flexibility index (Phi) is 8.96. The number of nitrogens with one attached hydrogen (secondary N) is 2. The maximum Gasteiger partial charge on any atom is 0.220 e. The molecule has 6 nitrogen and oxygen atoms in total. The lowest BCUT2D eigenvalue weighted by Crippen LogP contribution is -2.49. The maximum absolute atomic E-state index is 12.6. The van der Waals surface area contributed by atoms with Gasteiger partial charge in [-0.05, 0) is 68.4 Å². The Hall–Kier alpha value is -2.67. The summed E-state index contributed by atoms with van der Waals surface area (Å²) in [5.41, 5.74) is 3.40. The summed E-state index contributed by atoms with van der Waals surface area (Å²) in [4.78, 5) is 12.6. The van der Waals surface area contributed by atoms with Crippen LogP contribution in [-0.4, -0.2) is 42.4 Å². The van der Waals surface area contributed by atoms with Gasteiger partial charge in [0.05, 0.1) is 31.0 Å². The van der Waals surface area contributed by atoms with Crippen LogP contribution in [0, 0.1) is 0 Å². The lowest BCUT2D eigenvalue weighted by atomic mass is 10.00. The highest BCUT2D eigenvalue weighted by atomic mass is 16.5. The van der Waals surface area contributed by atoms with Gasteiger partial charge in [0.15, 0.2) is 0 Å². The molecule has 6 heteroatoms. The van der Waals surface area contributed by atoms with Crippen molar-refractivity contribution >= 4 is 5.91 Å². The number of aliphatic hydroxyl groups is 1. The first-order valence-corrected chi connectivity index (χ1v) is 12.8. The predicted molar refractivity (Wildman–Crippen MR) is 137 cm³/mol. The zero-order valence-electron chi connectivity index (χ0n) is 20.8. The Morgan fingerprint density at radius 3 is 2.74 bits per heavy atom. The summed E-state index contributed by atoms with van der Waals surface area (Å²) in [6.07, 6.45) is 6.87. The molecule has 2 bridgehead atoms. The van der Waals surface area contributed by atoms with Gasteiger partial charge in [-0.2, -0.15) is 0 Å². The SMILES string of the molecule is CC(C)Oc1ccc2c(c1)[C@@H]1C[C@H]2OC/C=C/CCCC(=O)N[C@@H](Cc2ccccc2)[C@H](O)CN1. The zero-order valence-corrected chi connectivity index (χ0v) is 20.8.